The maximum Gasteiger partial charge on any atom is 0.263 e. The van der Waals surface area contributed by atoms with E-state index in [9.17, 15) is 12.8 Å². The third kappa shape index (κ3) is 4.23. The van der Waals surface area contributed by atoms with Gasteiger partial charge in [-0.15, -0.1) is 0 Å². The zero-order valence-corrected chi connectivity index (χ0v) is 19.2. The second kappa shape index (κ2) is 8.02. The van der Waals surface area contributed by atoms with Crippen molar-refractivity contribution in [2.75, 3.05) is 4.72 Å². The molecule has 8 heteroatoms. The molecule has 2 heterocycles. The van der Waals surface area contributed by atoms with Gasteiger partial charge in [0.15, 0.2) is 0 Å². The number of benzene rings is 2. The van der Waals surface area contributed by atoms with Gasteiger partial charge in [-0.2, -0.15) is 5.10 Å². The fourth-order valence-electron chi connectivity index (χ4n) is 3.45. The Kier molecular flexibility index (Phi) is 5.50. The first-order valence-electron chi connectivity index (χ1n) is 10.3. The summed E-state index contributed by atoms with van der Waals surface area (Å²) in [6.07, 6.45) is 0.313. The summed E-state index contributed by atoms with van der Waals surface area (Å²) in [6, 6.07) is 17.3. The predicted octanol–water partition coefficient (Wildman–Crippen LogP) is 5.55. The van der Waals surface area contributed by atoms with Crippen molar-refractivity contribution in [3.63, 3.8) is 0 Å². The highest BCUT2D eigenvalue weighted by Crippen LogP contribution is 2.29. The molecular formula is C24H25FN4O2S. The molecule has 32 heavy (non-hydrogen) atoms. The van der Waals surface area contributed by atoms with E-state index in [4.69, 9.17) is 0 Å². The molecule has 2 aromatic heterocycles. The Morgan fingerprint density at radius 1 is 1.03 bits per heavy atom. The number of nitrogens with one attached hydrogen (secondary N) is 1. The average Bonchev–Trinajstić information content (AvgIpc) is 3.16. The Labute approximate surface area is 187 Å². The highest BCUT2D eigenvalue weighted by molar-refractivity contribution is 7.92. The van der Waals surface area contributed by atoms with Gasteiger partial charge in [-0.25, -0.2) is 17.5 Å². The number of alkyl halides is 1. The number of nitrogens with zero attached hydrogens (tertiary/aromatic N) is 3. The molecule has 1 unspecified atom stereocenters. The highest BCUT2D eigenvalue weighted by Gasteiger charge is 2.22. The first-order valence-corrected chi connectivity index (χ1v) is 11.8. The Morgan fingerprint density at radius 3 is 2.41 bits per heavy atom. The minimum absolute atomic E-state index is 0.0943. The van der Waals surface area contributed by atoms with Gasteiger partial charge in [0.1, 0.15) is 12.0 Å². The molecule has 6 nitrogen and oxygen atoms in total. The van der Waals surface area contributed by atoms with Gasteiger partial charge in [-0.1, -0.05) is 39.0 Å². The summed E-state index contributed by atoms with van der Waals surface area (Å²) < 4.78 is 44.4. The lowest BCUT2D eigenvalue weighted by atomic mass is 9.87. The van der Waals surface area contributed by atoms with Crippen molar-refractivity contribution in [1.29, 1.82) is 0 Å². The van der Waals surface area contributed by atoms with E-state index in [0.29, 0.717) is 5.69 Å². The van der Waals surface area contributed by atoms with Gasteiger partial charge >= 0.3 is 0 Å². The molecular weight excluding hydrogens is 427 g/mol. The molecule has 4 aromatic rings. The van der Waals surface area contributed by atoms with Crippen LogP contribution in [0.1, 0.15) is 45.1 Å². The number of aromatic nitrogens is 3. The second-order valence-corrected chi connectivity index (χ2v) is 10.4. The summed E-state index contributed by atoms with van der Waals surface area (Å²) in [6.45, 7) is 7.55. The summed E-state index contributed by atoms with van der Waals surface area (Å²) in [5, 5.41) is 5.11. The van der Waals surface area contributed by atoms with Crippen molar-refractivity contribution < 1.29 is 12.8 Å². The van der Waals surface area contributed by atoms with Crippen molar-refractivity contribution >= 4 is 26.7 Å². The van der Waals surface area contributed by atoms with Crippen LogP contribution in [0, 0.1) is 0 Å². The van der Waals surface area contributed by atoms with Crippen LogP contribution in [0.4, 0.5) is 10.2 Å². The number of anilines is 1. The van der Waals surface area contributed by atoms with Gasteiger partial charge in [-0.05, 0) is 54.3 Å². The third-order valence-corrected chi connectivity index (χ3v) is 6.63. The van der Waals surface area contributed by atoms with E-state index < -0.39 is 16.2 Å². The van der Waals surface area contributed by atoms with E-state index in [-0.39, 0.29) is 21.8 Å². The van der Waals surface area contributed by atoms with Crippen molar-refractivity contribution in [3.8, 4) is 5.69 Å². The molecule has 0 saturated carbocycles. The number of hydrogen-bond acceptors (Lipinski definition) is 4. The number of fused-ring (bicyclic) bond motifs is 1. The molecule has 0 bridgehead atoms. The van der Waals surface area contributed by atoms with E-state index in [2.05, 4.69) is 35.6 Å². The molecule has 1 N–H and O–H groups in total. The normalized spacial score (nSPS) is 13.3. The first kappa shape index (κ1) is 22.0. The number of halogens is 1. The second-order valence-electron chi connectivity index (χ2n) is 8.71. The third-order valence-electron chi connectivity index (χ3n) is 5.26. The highest BCUT2D eigenvalue weighted by atomic mass is 32.2. The Morgan fingerprint density at radius 2 is 1.75 bits per heavy atom. The summed E-state index contributed by atoms with van der Waals surface area (Å²) in [4.78, 5) is 4.45. The number of rotatable bonds is 5. The lowest BCUT2D eigenvalue weighted by molar-refractivity contribution is 0.364. The molecule has 166 valence electrons. The molecule has 0 fully saturated rings. The van der Waals surface area contributed by atoms with Crippen LogP contribution >= 0.6 is 0 Å². The van der Waals surface area contributed by atoms with Crippen LogP contribution in [0.2, 0.25) is 0 Å². The summed E-state index contributed by atoms with van der Waals surface area (Å²) in [5.41, 5.74) is 2.39. The molecule has 4 rings (SSSR count). The largest absolute Gasteiger partial charge is 0.263 e. The predicted molar refractivity (Wildman–Crippen MR) is 124 cm³/mol. The molecule has 0 aliphatic heterocycles. The van der Waals surface area contributed by atoms with Crippen molar-refractivity contribution in [3.05, 3.63) is 78.1 Å². The maximum absolute atomic E-state index is 14.1. The van der Waals surface area contributed by atoms with Crippen molar-refractivity contribution in [1.82, 2.24) is 14.8 Å². The van der Waals surface area contributed by atoms with Crippen LogP contribution in [-0.4, -0.2) is 23.2 Å². The van der Waals surface area contributed by atoms with Gasteiger partial charge in [0.25, 0.3) is 10.0 Å². The smallest absolute Gasteiger partial charge is 0.263 e. The lowest BCUT2D eigenvalue weighted by Crippen LogP contribution is -2.17. The van der Waals surface area contributed by atoms with Gasteiger partial charge in [-0.3, -0.25) is 9.71 Å². The molecule has 0 radical (unpaired) electrons. The minimum Gasteiger partial charge on any atom is -0.263 e. The number of sulfonamides is 1. The van der Waals surface area contributed by atoms with Crippen LogP contribution < -0.4 is 4.72 Å². The lowest BCUT2D eigenvalue weighted by Gasteiger charge is -2.19. The SMILES string of the molecule is CC(F)c1cc(NS(=O)(=O)c2ccc(C(C)(C)C)cc2)n(-c2cccc3ncccc23)n1. The van der Waals surface area contributed by atoms with Gasteiger partial charge in [0, 0.05) is 17.6 Å². The standard InChI is InChI=1S/C24H25FN4O2S/c1-16(25)21-15-23(28-32(30,31)18-12-10-17(11-13-18)24(2,3)4)29(27-21)22-9-5-8-20-19(22)7-6-14-26-20/h5-16,28H,1-4H3. The monoisotopic (exact) mass is 452 g/mol. The van der Waals surface area contributed by atoms with Crippen LogP contribution in [-0.2, 0) is 15.4 Å². The fourth-order valence-corrected chi connectivity index (χ4v) is 4.49. The summed E-state index contributed by atoms with van der Waals surface area (Å²) in [5.74, 6) is 0.153. The van der Waals surface area contributed by atoms with Crippen LogP contribution in [0.15, 0.2) is 71.8 Å². The first-order chi connectivity index (χ1) is 15.1. The molecule has 2 aromatic carbocycles. The minimum atomic E-state index is -3.92. The molecule has 0 saturated heterocycles. The maximum atomic E-state index is 14.1. The van der Waals surface area contributed by atoms with E-state index in [0.717, 1.165) is 16.5 Å². The van der Waals surface area contributed by atoms with Gasteiger partial charge in [0.2, 0.25) is 0 Å². The summed E-state index contributed by atoms with van der Waals surface area (Å²) in [7, 11) is -3.92. The molecule has 0 amide bonds. The molecule has 0 aliphatic rings. The topological polar surface area (TPSA) is 76.9 Å². The number of pyridine rings is 1. The zero-order valence-electron chi connectivity index (χ0n) is 18.4. The molecule has 0 aliphatic carbocycles. The quantitative estimate of drug-likeness (QED) is 0.431. The van der Waals surface area contributed by atoms with Crippen LogP contribution in [0.5, 0.6) is 0 Å². The zero-order chi connectivity index (χ0) is 23.1. The Bertz CT molecular complexity index is 1370. The number of hydrogen-bond donors (Lipinski definition) is 1. The summed E-state index contributed by atoms with van der Waals surface area (Å²) >= 11 is 0. The average molecular weight is 453 g/mol. The van der Waals surface area contributed by atoms with E-state index in [1.165, 1.54) is 17.7 Å². The van der Waals surface area contributed by atoms with E-state index in [1.807, 2.05) is 12.1 Å². The van der Waals surface area contributed by atoms with E-state index in [1.54, 1.807) is 48.7 Å². The van der Waals surface area contributed by atoms with Crippen LogP contribution in [0.3, 0.4) is 0 Å². The fraction of sp³-hybridized carbons (Fsp3) is 0.250. The van der Waals surface area contributed by atoms with Crippen molar-refractivity contribution in [2.45, 2.75) is 44.2 Å². The molecule has 1 atom stereocenters. The van der Waals surface area contributed by atoms with Gasteiger partial charge in [0.05, 0.1) is 21.8 Å². The Hall–Kier alpha value is -3.26. The van der Waals surface area contributed by atoms with E-state index >= 15 is 0 Å². The van der Waals surface area contributed by atoms with Gasteiger partial charge < -0.3 is 0 Å². The molecule has 0 spiro atoms. The van der Waals surface area contributed by atoms with Crippen molar-refractivity contribution in [2.24, 2.45) is 0 Å². The Balaban J connectivity index is 1.79. The van der Waals surface area contributed by atoms with Crippen LogP contribution in [0.25, 0.3) is 16.6 Å².